The maximum absolute atomic E-state index is 12.0. The zero-order chi connectivity index (χ0) is 16.8. The minimum atomic E-state index is -0.863. The number of carbonyl (C=O) groups is 1. The van der Waals surface area contributed by atoms with Crippen molar-refractivity contribution in [2.24, 2.45) is 0 Å². The summed E-state index contributed by atoms with van der Waals surface area (Å²) in [6, 6.07) is 8.77. The van der Waals surface area contributed by atoms with Crippen molar-refractivity contribution in [2.45, 2.75) is 19.4 Å². The molecular formula is C17H21NO5. The van der Waals surface area contributed by atoms with Crippen molar-refractivity contribution in [1.82, 2.24) is 5.32 Å². The number of furan rings is 1. The van der Waals surface area contributed by atoms with E-state index in [1.54, 1.807) is 51.5 Å². The monoisotopic (exact) mass is 319 g/mol. The first-order valence-electron chi connectivity index (χ1n) is 7.25. The largest absolute Gasteiger partial charge is 0.493 e. The highest BCUT2D eigenvalue weighted by Gasteiger charge is 2.14. The second kappa shape index (κ2) is 7.69. The van der Waals surface area contributed by atoms with Gasteiger partial charge in [-0.05, 0) is 36.8 Å². The third kappa shape index (κ3) is 4.50. The average Bonchev–Trinajstić information content (AvgIpc) is 2.99. The summed E-state index contributed by atoms with van der Waals surface area (Å²) in [7, 11) is 3.10. The Hall–Kier alpha value is -2.47. The number of ether oxygens (including phenoxy) is 2. The Morgan fingerprint density at radius 3 is 2.57 bits per heavy atom. The summed E-state index contributed by atoms with van der Waals surface area (Å²) < 4.78 is 15.7. The molecule has 0 aliphatic carbocycles. The van der Waals surface area contributed by atoms with Gasteiger partial charge in [0.2, 0.25) is 5.91 Å². The van der Waals surface area contributed by atoms with Crippen LogP contribution < -0.4 is 14.8 Å². The van der Waals surface area contributed by atoms with Crippen LogP contribution in [0.3, 0.4) is 0 Å². The fourth-order valence-electron chi connectivity index (χ4n) is 2.18. The Bertz CT molecular complexity index is 665. The second-order valence-corrected chi connectivity index (χ2v) is 5.13. The minimum Gasteiger partial charge on any atom is -0.493 e. The molecule has 6 heteroatoms. The molecule has 1 atom stereocenters. The molecule has 0 saturated carbocycles. The van der Waals surface area contributed by atoms with Gasteiger partial charge in [-0.25, -0.2) is 0 Å². The van der Waals surface area contributed by atoms with Gasteiger partial charge in [-0.15, -0.1) is 0 Å². The summed E-state index contributed by atoms with van der Waals surface area (Å²) in [4.78, 5) is 12.0. The molecule has 0 aliphatic rings. The van der Waals surface area contributed by atoms with Crippen molar-refractivity contribution in [3.63, 3.8) is 0 Å². The highest BCUT2D eigenvalue weighted by Crippen LogP contribution is 2.27. The van der Waals surface area contributed by atoms with E-state index in [-0.39, 0.29) is 18.9 Å². The summed E-state index contributed by atoms with van der Waals surface area (Å²) in [6.45, 7) is 1.89. The number of hydrogen-bond donors (Lipinski definition) is 2. The molecule has 6 nitrogen and oxygen atoms in total. The minimum absolute atomic E-state index is 0.0963. The maximum Gasteiger partial charge on any atom is 0.224 e. The molecule has 23 heavy (non-hydrogen) atoms. The number of hydrogen-bond acceptors (Lipinski definition) is 5. The molecule has 0 fully saturated rings. The third-order valence-electron chi connectivity index (χ3n) is 3.39. The lowest BCUT2D eigenvalue weighted by atomic mass is 10.1. The molecule has 0 saturated heterocycles. The number of benzene rings is 1. The van der Waals surface area contributed by atoms with E-state index in [4.69, 9.17) is 13.9 Å². The number of aliphatic hydroxyl groups is 1. The van der Waals surface area contributed by atoms with Crippen molar-refractivity contribution in [2.75, 3.05) is 20.8 Å². The number of aryl methyl sites for hydroxylation is 1. The van der Waals surface area contributed by atoms with Crippen LogP contribution in [0.5, 0.6) is 11.5 Å². The molecule has 1 aromatic carbocycles. The molecular weight excluding hydrogens is 298 g/mol. The van der Waals surface area contributed by atoms with Gasteiger partial charge in [-0.1, -0.05) is 6.07 Å². The van der Waals surface area contributed by atoms with Crippen LogP contribution in [0.4, 0.5) is 0 Å². The predicted molar refractivity (Wildman–Crippen MR) is 84.7 cm³/mol. The van der Waals surface area contributed by atoms with Crippen LogP contribution in [0.1, 0.15) is 23.2 Å². The molecule has 1 heterocycles. The molecule has 0 bridgehead atoms. The average molecular weight is 319 g/mol. The lowest BCUT2D eigenvalue weighted by Crippen LogP contribution is -2.29. The molecule has 1 amide bonds. The van der Waals surface area contributed by atoms with Gasteiger partial charge in [0.1, 0.15) is 17.6 Å². The lowest BCUT2D eigenvalue weighted by molar-refractivity contribution is -0.120. The predicted octanol–water partition coefficient (Wildman–Crippen LogP) is 2.00. The van der Waals surface area contributed by atoms with Gasteiger partial charge in [0.05, 0.1) is 27.2 Å². The van der Waals surface area contributed by atoms with Crippen molar-refractivity contribution in [3.05, 3.63) is 47.4 Å². The summed E-state index contributed by atoms with van der Waals surface area (Å²) in [5, 5.41) is 12.6. The van der Waals surface area contributed by atoms with Crippen molar-refractivity contribution >= 4 is 5.91 Å². The molecule has 0 aliphatic heterocycles. The molecule has 124 valence electrons. The van der Waals surface area contributed by atoms with Crippen LogP contribution >= 0.6 is 0 Å². The summed E-state index contributed by atoms with van der Waals surface area (Å²) in [6.07, 6.45) is -0.678. The topological polar surface area (TPSA) is 80.9 Å². The molecule has 2 N–H and O–H groups in total. The highest BCUT2D eigenvalue weighted by atomic mass is 16.5. The Labute approximate surface area is 135 Å². The van der Waals surface area contributed by atoms with Crippen LogP contribution in [0.2, 0.25) is 0 Å². The molecule has 0 radical (unpaired) electrons. The molecule has 0 spiro atoms. The summed E-state index contributed by atoms with van der Waals surface area (Å²) in [5.41, 5.74) is 0.795. The Kier molecular flexibility index (Phi) is 5.65. The number of carbonyl (C=O) groups excluding carboxylic acids is 1. The van der Waals surface area contributed by atoms with Gasteiger partial charge in [-0.3, -0.25) is 4.79 Å². The zero-order valence-corrected chi connectivity index (χ0v) is 13.5. The first-order valence-corrected chi connectivity index (χ1v) is 7.25. The van der Waals surface area contributed by atoms with E-state index in [0.717, 1.165) is 11.3 Å². The molecule has 2 aromatic rings. The van der Waals surface area contributed by atoms with Crippen LogP contribution in [0.15, 0.2) is 34.7 Å². The third-order valence-corrected chi connectivity index (χ3v) is 3.39. The Balaban J connectivity index is 1.89. The van der Waals surface area contributed by atoms with Crippen LogP contribution in [0.25, 0.3) is 0 Å². The molecule has 2 rings (SSSR count). The van der Waals surface area contributed by atoms with E-state index in [0.29, 0.717) is 17.3 Å². The van der Waals surface area contributed by atoms with Gasteiger partial charge in [0.15, 0.2) is 11.5 Å². The number of aliphatic hydroxyl groups excluding tert-OH is 1. The smallest absolute Gasteiger partial charge is 0.224 e. The Morgan fingerprint density at radius 1 is 1.22 bits per heavy atom. The van der Waals surface area contributed by atoms with Crippen LogP contribution in [-0.4, -0.2) is 31.8 Å². The second-order valence-electron chi connectivity index (χ2n) is 5.13. The van der Waals surface area contributed by atoms with Crippen molar-refractivity contribution < 1.29 is 23.8 Å². The standard InChI is InChI=1S/C17H21NO5/c1-11-4-6-14(23-11)13(19)10-18-17(20)9-12-5-7-15(21-2)16(8-12)22-3/h4-8,13,19H,9-10H2,1-3H3,(H,18,20). The van der Waals surface area contributed by atoms with Gasteiger partial charge in [0.25, 0.3) is 0 Å². The maximum atomic E-state index is 12.0. The van der Waals surface area contributed by atoms with E-state index in [1.807, 2.05) is 0 Å². The molecule has 1 aromatic heterocycles. The van der Waals surface area contributed by atoms with E-state index < -0.39 is 6.10 Å². The zero-order valence-electron chi connectivity index (χ0n) is 13.5. The first kappa shape index (κ1) is 16.9. The number of amides is 1. The van der Waals surface area contributed by atoms with E-state index in [2.05, 4.69) is 5.32 Å². The Morgan fingerprint density at radius 2 is 1.96 bits per heavy atom. The van der Waals surface area contributed by atoms with Gasteiger partial charge >= 0.3 is 0 Å². The quantitative estimate of drug-likeness (QED) is 0.816. The van der Waals surface area contributed by atoms with Crippen molar-refractivity contribution in [3.8, 4) is 11.5 Å². The van der Waals surface area contributed by atoms with Gasteiger partial charge < -0.3 is 24.3 Å². The van der Waals surface area contributed by atoms with Crippen LogP contribution in [0, 0.1) is 6.92 Å². The number of methoxy groups -OCH3 is 2. The lowest BCUT2D eigenvalue weighted by Gasteiger charge is -2.11. The van der Waals surface area contributed by atoms with Gasteiger partial charge in [-0.2, -0.15) is 0 Å². The normalized spacial score (nSPS) is 11.8. The van der Waals surface area contributed by atoms with Crippen molar-refractivity contribution in [1.29, 1.82) is 0 Å². The number of nitrogens with one attached hydrogen (secondary N) is 1. The first-order chi connectivity index (χ1) is 11.0. The fraction of sp³-hybridized carbons (Fsp3) is 0.353. The summed E-state index contributed by atoms with van der Waals surface area (Å²) in [5.74, 6) is 2.15. The fourth-order valence-corrected chi connectivity index (χ4v) is 2.18. The van der Waals surface area contributed by atoms with Crippen LogP contribution in [-0.2, 0) is 11.2 Å². The van der Waals surface area contributed by atoms with E-state index >= 15 is 0 Å². The van der Waals surface area contributed by atoms with E-state index in [9.17, 15) is 9.90 Å². The number of rotatable bonds is 7. The van der Waals surface area contributed by atoms with Gasteiger partial charge in [0, 0.05) is 0 Å². The SMILES string of the molecule is COc1ccc(CC(=O)NCC(O)c2ccc(C)o2)cc1OC. The summed E-state index contributed by atoms with van der Waals surface area (Å²) >= 11 is 0. The van der Waals surface area contributed by atoms with E-state index in [1.165, 1.54) is 0 Å². The highest BCUT2D eigenvalue weighted by molar-refractivity contribution is 5.78. The molecule has 1 unspecified atom stereocenters.